The van der Waals surface area contributed by atoms with Crippen LogP contribution in [0.4, 0.5) is 0 Å². The van der Waals surface area contributed by atoms with Crippen LogP contribution >= 0.6 is 0 Å². The van der Waals surface area contributed by atoms with Gasteiger partial charge in [0.2, 0.25) is 0 Å². The van der Waals surface area contributed by atoms with Crippen molar-refractivity contribution in [2.45, 2.75) is 0 Å². The maximum Gasteiger partial charge on any atom is 0.143 e. The number of fused-ring (bicyclic) bond motifs is 3. The normalized spacial score (nSPS) is 18.0. The predicted octanol–water partition coefficient (Wildman–Crippen LogP) is 13.1. The Morgan fingerprint density at radius 3 is 1.51 bits per heavy atom. The van der Waals surface area contributed by atoms with Gasteiger partial charge in [-0.1, -0.05) is 181 Å². The quantitative estimate of drug-likeness (QED) is 0.174. The van der Waals surface area contributed by atoms with Gasteiger partial charge in [-0.05, 0) is 49.4 Å². The number of furan rings is 1. The number of rotatable bonds is 5. The Morgan fingerprint density at radius 2 is 0.872 bits per heavy atom. The topological polar surface area (TPSA) is 13.1 Å². The van der Waals surface area contributed by atoms with Crippen molar-refractivity contribution in [3.63, 3.8) is 0 Å². The molecule has 1 aromatic heterocycles. The first-order valence-electron chi connectivity index (χ1n) is 25.3. The molecule has 0 unspecified atom stereocenters. The summed E-state index contributed by atoms with van der Waals surface area (Å²) in [5, 5.41) is -2.15. The minimum Gasteiger partial charge on any atom is -0.455 e. The Morgan fingerprint density at radius 1 is 0.340 bits per heavy atom. The molecule has 9 rings (SSSR count). The highest BCUT2D eigenvalue weighted by molar-refractivity contribution is 6.25. The van der Waals surface area contributed by atoms with Gasteiger partial charge in [-0.3, -0.25) is 0 Å². The van der Waals surface area contributed by atoms with Crippen LogP contribution in [0.1, 0.15) is 30.2 Å². The molecule has 0 bridgehead atoms. The highest BCUT2D eigenvalue weighted by Crippen LogP contribution is 2.51. The minimum absolute atomic E-state index is 0.0313. The van der Waals surface area contributed by atoms with Gasteiger partial charge in [-0.25, -0.2) is 0 Å². The lowest BCUT2D eigenvalue weighted by Gasteiger charge is -2.18. The molecule has 0 atom stereocenters. The summed E-state index contributed by atoms with van der Waals surface area (Å²) in [5.74, 6) is -0.555. The molecule has 0 radical (unpaired) electrons. The molecule has 0 N–H and O–H groups in total. The van der Waals surface area contributed by atoms with E-state index in [0.29, 0.717) is 11.1 Å². The van der Waals surface area contributed by atoms with Crippen LogP contribution < -0.4 is 0 Å². The summed E-state index contributed by atoms with van der Waals surface area (Å²) in [4.78, 5) is 0. The van der Waals surface area contributed by atoms with Crippen LogP contribution in [0.3, 0.4) is 0 Å². The van der Waals surface area contributed by atoms with Gasteiger partial charge < -0.3 is 4.42 Å². The van der Waals surface area contributed by atoms with E-state index in [1.54, 1.807) is 42.5 Å². The van der Waals surface area contributed by atoms with Gasteiger partial charge in [-0.2, -0.15) is 0 Å². The molecule has 0 spiro atoms. The lowest BCUT2D eigenvalue weighted by Crippen LogP contribution is -1.92. The van der Waals surface area contributed by atoms with Crippen LogP contribution in [0, 0.1) is 0 Å². The van der Waals surface area contributed by atoms with E-state index in [4.69, 9.17) is 26.3 Å². The number of hydrogen-bond acceptors (Lipinski definition) is 1. The Kier molecular flexibility index (Phi) is 3.11. The van der Waals surface area contributed by atoms with Crippen molar-refractivity contribution < 1.29 is 34.6 Å². The highest BCUT2D eigenvalue weighted by Gasteiger charge is 2.26. The van der Waals surface area contributed by atoms with E-state index in [1.807, 2.05) is 0 Å². The summed E-state index contributed by atoms with van der Waals surface area (Å²) >= 11 is 0. The first-order chi connectivity index (χ1) is 32.5. The third-order valence-electron chi connectivity index (χ3n) is 7.84. The number of para-hydroxylation sites is 1. The molecule has 47 heavy (non-hydrogen) atoms. The smallest absolute Gasteiger partial charge is 0.143 e. The summed E-state index contributed by atoms with van der Waals surface area (Å²) in [7, 11) is 0. The first kappa shape index (κ1) is 12.9. The maximum atomic E-state index is 9.61. The van der Waals surface area contributed by atoms with Crippen LogP contribution in [0.5, 0.6) is 0 Å². The van der Waals surface area contributed by atoms with Gasteiger partial charge in [0.15, 0.2) is 0 Å². The number of hydrogen-bond donors (Lipinski definition) is 0. The fraction of sp³-hybridized carbons (Fsp3) is 0. The molecule has 0 fully saturated rings. The van der Waals surface area contributed by atoms with Crippen molar-refractivity contribution in [2.75, 3.05) is 0 Å². The zero-order valence-electron chi connectivity index (χ0n) is 46.0. The van der Waals surface area contributed by atoms with Gasteiger partial charge in [0.1, 0.15) is 11.3 Å². The van der Waals surface area contributed by atoms with Gasteiger partial charge in [0.25, 0.3) is 0 Å². The van der Waals surface area contributed by atoms with E-state index >= 15 is 0 Å². The van der Waals surface area contributed by atoms with E-state index < -0.39 is 194 Å². The molecule has 9 aromatic rings. The van der Waals surface area contributed by atoms with Crippen molar-refractivity contribution in [2.24, 2.45) is 0 Å². The summed E-state index contributed by atoms with van der Waals surface area (Å²) in [5.41, 5.74) is -3.06. The Labute approximate surface area is 304 Å². The molecule has 0 saturated heterocycles. The second-order valence-corrected chi connectivity index (χ2v) is 10.4. The first-order valence-corrected chi connectivity index (χ1v) is 14.3. The SMILES string of the molecule is [2H]c1c([2H])c([2H])c(-c2c([2H])c([2H])c([2H])c([2H])c2-c2oc3c(-c4ccccc4)cccc3c2-c2c3c([2H])c([2H])c([2H])c([2H])c3c(-c3c([2H])c([2H])c([2H])c([2H])c3[2H])c3c([2H])c([2H])c([2H])c([2H])c23)c([2H])c1[2H]. The summed E-state index contributed by atoms with van der Waals surface area (Å²) in [6, 6.07) is -5.66. The monoisotopic (exact) mass is 620 g/mol. The molecule has 0 amide bonds. The van der Waals surface area contributed by atoms with Crippen molar-refractivity contribution in [3.8, 4) is 55.8 Å². The van der Waals surface area contributed by atoms with E-state index in [-0.39, 0.29) is 16.5 Å². The summed E-state index contributed by atoms with van der Waals surface area (Å²) < 4.78 is 204. The molecule has 0 aliphatic carbocycles. The van der Waals surface area contributed by atoms with Gasteiger partial charge in [0.05, 0.1) is 30.2 Å². The van der Waals surface area contributed by atoms with Crippen molar-refractivity contribution in [1.29, 1.82) is 0 Å². The molecule has 0 saturated carbocycles. The molecule has 0 aliphatic rings. The zero-order chi connectivity index (χ0) is 50.3. The predicted molar refractivity (Wildman–Crippen MR) is 198 cm³/mol. The minimum atomic E-state index is -0.880. The van der Waals surface area contributed by atoms with Gasteiger partial charge in [-0.15, -0.1) is 0 Å². The fourth-order valence-corrected chi connectivity index (χ4v) is 5.93. The second-order valence-electron chi connectivity index (χ2n) is 10.4. The molecule has 220 valence electrons. The maximum absolute atomic E-state index is 9.61. The average molecular weight is 621 g/mol. The molecule has 0 aliphatic heterocycles. The van der Waals surface area contributed by atoms with E-state index in [0.717, 1.165) is 0 Å². The van der Waals surface area contributed by atoms with E-state index in [9.17, 15) is 8.22 Å². The van der Waals surface area contributed by atoms with E-state index in [2.05, 4.69) is 0 Å². The molecule has 1 heterocycles. The highest BCUT2D eigenvalue weighted by atomic mass is 16.3. The Hall–Kier alpha value is -6.18. The van der Waals surface area contributed by atoms with Gasteiger partial charge >= 0.3 is 0 Å². The third-order valence-corrected chi connectivity index (χ3v) is 7.84. The van der Waals surface area contributed by atoms with Crippen LogP contribution in [0.15, 0.2) is 186 Å². The molecule has 8 aromatic carbocycles. The largest absolute Gasteiger partial charge is 0.455 e. The van der Waals surface area contributed by atoms with Crippen molar-refractivity contribution >= 4 is 32.5 Å². The standard InChI is InChI=1S/C46H30O/c1-4-17-31(18-5-1)34-23-10-15-28-40(34)46-44(41-30-16-29-35(45(41)47-46)32-19-6-2-7-20-32)43-38-26-13-11-24-36(38)42(33-21-8-3-9-22-33)37-25-12-14-27-39(37)43/h1-30H/i1D,3D,4D,5D,8D,9D,10D,11D,12D,13D,14D,15D,17D,18D,21D,22D,23D,24D,25D,26D,27D,28D. The van der Waals surface area contributed by atoms with Crippen LogP contribution in [-0.4, -0.2) is 0 Å². The van der Waals surface area contributed by atoms with Crippen molar-refractivity contribution in [3.05, 3.63) is 181 Å². The van der Waals surface area contributed by atoms with E-state index in [1.165, 1.54) is 6.07 Å². The van der Waals surface area contributed by atoms with Gasteiger partial charge in [0, 0.05) is 27.6 Å². The molecular weight excluding hydrogens is 569 g/mol. The lowest BCUT2D eigenvalue weighted by molar-refractivity contribution is 0.634. The third kappa shape index (κ3) is 4.47. The summed E-state index contributed by atoms with van der Waals surface area (Å²) in [6.07, 6.45) is 0. The Bertz CT molecular complexity index is 3670. The van der Waals surface area contributed by atoms with Crippen LogP contribution in [0.2, 0.25) is 0 Å². The Balaban J connectivity index is 1.67. The second kappa shape index (κ2) is 11.3. The fourth-order valence-electron chi connectivity index (χ4n) is 5.93. The molecule has 1 nitrogen and oxygen atoms in total. The lowest BCUT2D eigenvalue weighted by atomic mass is 9.84. The molecule has 1 heteroatoms. The van der Waals surface area contributed by atoms with Crippen LogP contribution in [0.25, 0.3) is 88.3 Å². The van der Waals surface area contributed by atoms with Crippen molar-refractivity contribution in [1.82, 2.24) is 0 Å². The zero-order valence-corrected chi connectivity index (χ0v) is 24.0. The summed E-state index contributed by atoms with van der Waals surface area (Å²) in [6.45, 7) is 0. The molecular formula is C46H30O. The number of benzene rings is 8. The average Bonchev–Trinajstić information content (AvgIpc) is 3.73. The van der Waals surface area contributed by atoms with Crippen LogP contribution in [-0.2, 0) is 0 Å².